The number of hydrogen-bond acceptors (Lipinski definition) is 3. The zero-order valence-electron chi connectivity index (χ0n) is 9.31. The number of rotatable bonds is 5. The minimum absolute atomic E-state index is 0.0450. The smallest absolute Gasteiger partial charge is 0.0530 e. The molecule has 1 aromatic rings. The number of aliphatic hydroxyl groups is 1. The van der Waals surface area contributed by atoms with Gasteiger partial charge in [-0.2, -0.15) is 0 Å². The van der Waals surface area contributed by atoms with Crippen molar-refractivity contribution in [1.29, 1.82) is 0 Å². The monoisotopic (exact) mass is 209 g/mol. The summed E-state index contributed by atoms with van der Waals surface area (Å²) in [5.41, 5.74) is 8.33. The molecule has 0 saturated heterocycles. The predicted octanol–water partition coefficient (Wildman–Crippen LogP) is 1.25. The molecule has 0 aliphatic carbocycles. The lowest BCUT2D eigenvalue weighted by molar-refractivity contribution is 0.0952. The number of benzene rings is 1. The first kappa shape index (κ1) is 12.2. The maximum atomic E-state index is 9.22. The van der Waals surface area contributed by atoms with Gasteiger partial charge < -0.3 is 15.6 Å². The Kier molecular flexibility index (Phi) is 4.75. The van der Waals surface area contributed by atoms with Crippen LogP contribution >= 0.6 is 0 Å². The van der Waals surface area contributed by atoms with Crippen LogP contribution in [0.1, 0.15) is 17.2 Å². The molecule has 0 amide bonds. The van der Waals surface area contributed by atoms with Crippen LogP contribution in [-0.4, -0.2) is 25.4 Å². The molecule has 2 atom stereocenters. The van der Waals surface area contributed by atoms with Gasteiger partial charge in [-0.15, -0.1) is 0 Å². The van der Waals surface area contributed by atoms with Crippen molar-refractivity contribution in [2.75, 3.05) is 20.3 Å². The van der Waals surface area contributed by atoms with Crippen LogP contribution < -0.4 is 5.73 Å². The second-order valence-electron chi connectivity index (χ2n) is 3.78. The number of nitrogens with two attached hydrogens (primary N) is 1. The normalized spacial score (nSPS) is 14.9. The SMILES string of the molecule is COCC(CO)C(N)c1ccccc1C. The summed E-state index contributed by atoms with van der Waals surface area (Å²) in [6.07, 6.45) is 0. The van der Waals surface area contributed by atoms with E-state index in [9.17, 15) is 5.11 Å². The first-order valence-electron chi connectivity index (χ1n) is 5.11. The van der Waals surface area contributed by atoms with E-state index in [0.717, 1.165) is 11.1 Å². The minimum Gasteiger partial charge on any atom is -0.396 e. The third-order valence-electron chi connectivity index (χ3n) is 2.67. The third-order valence-corrected chi connectivity index (χ3v) is 2.67. The average molecular weight is 209 g/mol. The molecule has 0 fully saturated rings. The Morgan fingerprint density at radius 2 is 2.07 bits per heavy atom. The highest BCUT2D eigenvalue weighted by atomic mass is 16.5. The minimum atomic E-state index is -0.170. The summed E-state index contributed by atoms with van der Waals surface area (Å²) in [6, 6.07) is 7.80. The van der Waals surface area contributed by atoms with Crippen LogP contribution in [0.4, 0.5) is 0 Å². The van der Waals surface area contributed by atoms with Crippen molar-refractivity contribution in [3.05, 3.63) is 35.4 Å². The lowest BCUT2D eigenvalue weighted by atomic mass is 9.92. The van der Waals surface area contributed by atoms with E-state index in [-0.39, 0.29) is 18.6 Å². The number of methoxy groups -OCH3 is 1. The van der Waals surface area contributed by atoms with E-state index in [2.05, 4.69) is 0 Å². The van der Waals surface area contributed by atoms with Crippen molar-refractivity contribution in [1.82, 2.24) is 0 Å². The Morgan fingerprint density at radius 1 is 1.40 bits per heavy atom. The van der Waals surface area contributed by atoms with Crippen LogP contribution in [0.2, 0.25) is 0 Å². The highest BCUT2D eigenvalue weighted by molar-refractivity contribution is 5.28. The van der Waals surface area contributed by atoms with Crippen molar-refractivity contribution in [2.45, 2.75) is 13.0 Å². The second-order valence-corrected chi connectivity index (χ2v) is 3.78. The van der Waals surface area contributed by atoms with E-state index in [0.29, 0.717) is 6.61 Å². The zero-order chi connectivity index (χ0) is 11.3. The summed E-state index contributed by atoms with van der Waals surface area (Å²) in [5, 5.41) is 9.22. The van der Waals surface area contributed by atoms with Crippen molar-refractivity contribution >= 4 is 0 Å². The van der Waals surface area contributed by atoms with Crippen LogP contribution in [0.25, 0.3) is 0 Å². The quantitative estimate of drug-likeness (QED) is 0.767. The van der Waals surface area contributed by atoms with Gasteiger partial charge in [-0.1, -0.05) is 24.3 Å². The molecular formula is C12H19NO2. The fraction of sp³-hybridized carbons (Fsp3) is 0.500. The van der Waals surface area contributed by atoms with Gasteiger partial charge in [0, 0.05) is 25.7 Å². The highest BCUT2D eigenvalue weighted by Gasteiger charge is 2.19. The molecule has 0 bridgehead atoms. The summed E-state index contributed by atoms with van der Waals surface area (Å²) >= 11 is 0. The van der Waals surface area contributed by atoms with Crippen LogP contribution in [0.3, 0.4) is 0 Å². The Hall–Kier alpha value is -0.900. The molecule has 0 aromatic heterocycles. The maximum Gasteiger partial charge on any atom is 0.0530 e. The molecule has 2 unspecified atom stereocenters. The molecule has 15 heavy (non-hydrogen) atoms. The lowest BCUT2D eigenvalue weighted by Gasteiger charge is -2.22. The standard InChI is InChI=1S/C12H19NO2/c1-9-5-3-4-6-11(9)12(13)10(7-14)8-15-2/h3-6,10,12,14H,7-8,13H2,1-2H3. The van der Waals surface area contributed by atoms with Crippen molar-refractivity contribution in [3.8, 4) is 0 Å². The molecular weight excluding hydrogens is 190 g/mol. The fourth-order valence-electron chi connectivity index (χ4n) is 1.70. The highest BCUT2D eigenvalue weighted by Crippen LogP contribution is 2.22. The van der Waals surface area contributed by atoms with E-state index < -0.39 is 0 Å². The fourth-order valence-corrected chi connectivity index (χ4v) is 1.70. The first-order valence-corrected chi connectivity index (χ1v) is 5.11. The maximum absolute atomic E-state index is 9.22. The van der Waals surface area contributed by atoms with Crippen LogP contribution in [0, 0.1) is 12.8 Å². The molecule has 3 N–H and O–H groups in total. The topological polar surface area (TPSA) is 55.5 Å². The number of hydrogen-bond donors (Lipinski definition) is 2. The number of aryl methyl sites for hydroxylation is 1. The molecule has 84 valence electrons. The van der Waals surface area contributed by atoms with E-state index in [1.165, 1.54) is 0 Å². The molecule has 1 rings (SSSR count). The van der Waals surface area contributed by atoms with Crippen molar-refractivity contribution in [2.24, 2.45) is 11.7 Å². The molecule has 0 spiro atoms. The zero-order valence-corrected chi connectivity index (χ0v) is 9.31. The summed E-state index contributed by atoms with van der Waals surface area (Å²) < 4.78 is 5.04. The van der Waals surface area contributed by atoms with Crippen molar-refractivity contribution < 1.29 is 9.84 Å². The van der Waals surface area contributed by atoms with Crippen LogP contribution in [0.15, 0.2) is 24.3 Å². The van der Waals surface area contributed by atoms with Gasteiger partial charge in [0.15, 0.2) is 0 Å². The van der Waals surface area contributed by atoms with Crippen molar-refractivity contribution in [3.63, 3.8) is 0 Å². The summed E-state index contributed by atoms with van der Waals surface area (Å²) in [6.45, 7) is 2.55. The predicted molar refractivity (Wildman–Crippen MR) is 60.6 cm³/mol. The molecule has 3 heteroatoms. The Labute approximate surface area is 90.9 Å². The van der Waals surface area contributed by atoms with Gasteiger partial charge >= 0.3 is 0 Å². The van der Waals surface area contributed by atoms with Gasteiger partial charge in [-0.3, -0.25) is 0 Å². The molecule has 0 aliphatic heterocycles. The van der Waals surface area contributed by atoms with Gasteiger partial charge in [0.1, 0.15) is 0 Å². The summed E-state index contributed by atoms with van der Waals surface area (Å²) in [5.74, 6) is -0.0453. The molecule has 3 nitrogen and oxygen atoms in total. The molecule has 0 radical (unpaired) electrons. The number of ether oxygens (including phenoxy) is 1. The number of aliphatic hydroxyl groups excluding tert-OH is 1. The van der Waals surface area contributed by atoms with Gasteiger partial charge in [0.25, 0.3) is 0 Å². The van der Waals surface area contributed by atoms with Gasteiger partial charge in [0.05, 0.1) is 6.61 Å². The van der Waals surface area contributed by atoms with Gasteiger partial charge in [-0.25, -0.2) is 0 Å². The summed E-state index contributed by atoms with van der Waals surface area (Å²) in [4.78, 5) is 0. The van der Waals surface area contributed by atoms with Crippen LogP contribution in [-0.2, 0) is 4.74 Å². The van der Waals surface area contributed by atoms with E-state index in [1.54, 1.807) is 7.11 Å². The lowest BCUT2D eigenvalue weighted by Crippen LogP contribution is -2.28. The Morgan fingerprint density at radius 3 is 2.60 bits per heavy atom. The Bertz CT molecular complexity index is 301. The molecule has 0 aliphatic rings. The summed E-state index contributed by atoms with van der Waals surface area (Å²) in [7, 11) is 1.62. The second kappa shape index (κ2) is 5.85. The Balaban J connectivity index is 2.82. The molecule has 1 aromatic carbocycles. The van der Waals surface area contributed by atoms with E-state index in [1.807, 2.05) is 31.2 Å². The molecule has 0 saturated carbocycles. The van der Waals surface area contributed by atoms with Crippen LogP contribution in [0.5, 0.6) is 0 Å². The largest absolute Gasteiger partial charge is 0.396 e. The average Bonchev–Trinajstić information content (AvgIpc) is 2.25. The van der Waals surface area contributed by atoms with Gasteiger partial charge in [-0.05, 0) is 18.1 Å². The van der Waals surface area contributed by atoms with E-state index in [4.69, 9.17) is 10.5 Å². The first-order chi connectivity index (χ1) is 7.20. The van der Waals surface area contributed by atoms with Gasteiger partial charge in [0.2, 0.25) is 0 Å². The van der Waals surface area contributed by atoms with E-state index >= 15 is 0 Å². The molecule has 0 heterocycles. The third kappa shape index (κ3) is 3.02.